The minimum Gasteiger partial charge on any atom is -0.321 e. The zero-order chi connectivity index (χ0) is 9.56. The van der Waals surface area contributed by atoms with Crippen molar-refractivity contribution in [1.29, 1.82) is 0 Å². The third kappa shape index (κ3) is 5.04. The van der Waals surface area contributed by atoms with Crippen LogP contribution in [0.4, 0.5) is 0 Å². The maximum Gasteiger partial charge on any atom is 0.172 e. The molecular formula is C9H18N2O. The number of allylic oxidation sites excluding steroid dienone is 1. The van der Waals surface area contributed by atoms with Crippen molar-refractivity contribution in [2.75, 3.05) is 20.6 Å². The van der Waals surface area contributed by atoms with E-state index in [0.717, 1.165) is 13.0 Å². The highest BCUT2D eigenvalue weighted by atomic mass is 16.1. The second-order valence-electron chi connectivity index (χ2n) is 3.10. The van der Waals surface area contributed by atoms with Crippen LogP contribution in [0.5, 0.6) is 0 Å². The number of hydrogen-bond donors (Lipinski definition) is 1. The van der Waals surface area contributed by atoms with E-state index in [2.05, 4.69) is 0 Å². The Kier molecular flexibility index (Phi) is 5.58. The molecule has 0 aromatic carbocycles. The largest absolute Gasteiger partial charge is 0.321 e. The number of rotatable bonds is 5. The summed E-state index contributed by atoms with van der Waals surface area (Å²) in [5.41, 5.74) is 5.62. The minimum absolute atomic E-state index is 0.0133. The zero-order valence-electron chi connectivity index (χ0n) is 8.08. The fraction of sp³-hybridized carbons (Fsp3) is 0.667. The predicted molar refractivity (Wildman–Crippen MR) is 51.0 cm³/mol. The summed E-state index contributed by atoms with van der Waals surface area (Å²) in [7, 11) is 3.93. The lowest BCUT2D eigenvalue weighted by Gasteiger charge is -2.12. The highest BCUT2D eigenvalue weighted by Crippen LogP contribution is 1.93. The Morgan fingerprint density at radius 1 is 1.58 bits per heavy atom. The number of nitrogens with two attached hydrogens (primary N) is 1. The molecule has 2 N–H and O–H groups in total. The quantitative estimate of drug-likeness (QED) is 0.608. The molecule has 3 nitrogen and oxygen atoms in total. The first-order chi connectivity index (χ1) is 5.57. The Morgan fingerprint density at radius 3 is 2.58 bits per heavy atom. The summed E-state index contributed by atoms with van der Waals surface area (Å²) in [6, 6.07) is -0.344. The standard InChI is InChI=1S/C9H18N2O/c1-4-5-9(12)8(10)6-7-11(2)3/h4-5,8H,6-7,10H2,1-3H3. The Balaban J connectivity index is 3.71. The van der Waals surface area contributed by atoms with Crippen molar-refractivity contribution >= 4 is 5.78 Å². The molecule has 0 aromatic rings. The molecule has 0 bridgehead atoms. The Morgan fingerprint density at radius 2 is 2.17 bits per heavy atom. The van der Waals surface area contributed by atoms with Crippen molar-refractivity contribution in [3.63, 3.8) is 0 Å². The first-order valence-corrected chi connectivity index (χ1v) is 4.14. The van der Waals surface area contributed by atoms with Crippen LogP contribution >= 0.6 is 0 Å². The number of ketones is 1. The van der Waals surface area contributed by atoms with Gasteiger partial charge in [0.25, 0.3) is 0 Å². The van der Waals surface area contributed by atoms with Gasteiger partial charge >= 0.3 is 0 Å². The highest BCUT2D eigenvalue weighted by molar-refractivity contribution is 5.93. The van der Waals surface area contributed by atoms with E-state index in [4.69, 9.17) is 5.73 Å². The molecule has 0 aliphatic rings. The molecule has 0 spiro atoms. The predicted octanol–water partition coefficient (Wildman–Crippen LogP) is 0.411. The number of nitrogens with zero attached hydrogens (tertiary/aromatic N) is 1. The molecule has 0 amide bonds. The van der Waals surface area contributed by atoms with Gasteiger partial charge in [-0.3, -0.25) is 4.79 Å². The summed E-state index contributed by atoms with van der Waals surface area (Å²) in [6.45, 7) is 2.67. The summed E-state index contributed by atoms with van der Waals surface area (Å²) in [4.78, 5) is 13.1. The molecule has 12 heavy (non-hydrogen) atoms. The highest BCUT2D eigenvalue weighted by Gasteiger charge is 2.09. The van der Waals surface area contributed by atoms with Crippen molar-refractivity contribution in [3.8, 4) is 0 Å². The van der Waals surface area contributed by atoms with E-state index in [1.165, 1.54) is 6.08 Å². The van der Waals surface area contributed by atoms with E-state index in [-0.39, 0.29) is 11.8 Å². The van der Waals surface area contributed by atoms with Gasteiger partial charge in [-0.05, 0) is 40.1 Å². The fourth-order valence-corrected chi connectivity index (χ4v) is 0.827. The van der Waals surface area contributed by atoms with Crippen LogP contribution in [0.2, 0.25) is 0 Å². The van der Waals surface area contributed by atoms with Crippen LogP contribution < -0.4 is 5.73 Å². The van der Waals surface area contributed by atoms with Crippen molar-refractivity contribution in [1.82, 2.24) is 4.90 Å². The van der Waals surface area contributed by atoms with Gasteiger partial charge in [0, 0.05) is 0 Å². The average molecular weight is 170 g/mol. The fourth-order valence-electron chi connectivity index (χ4n) is 0.827. The van der Waals surface area contributed by atoms with Crippen LogP contribution in [0.25, 0.3) is 0 Å². The van der Waals surface area contributed by atoms with Gasteiger partial charge in [-0.25, -0.2) is 0 Å². The lowest BCUT2D eigenvalue weighted by atomic mass is 10.1. The molecule has 0 aliphatic heterocycles. The van der Waals surface area contributed by atoms with Crippen molar-refractivity contribution in [3.05, 3.63) is 12.2 Å². The van der Waals surface area contributed by atoms with E-state index in [1.54, 1.807) is 6.08 Å². The normalized spacial score (nSPS) is 14.1. The summed E-state index contributed by atoms with van der Waals surface area (Å²) in [6.07, 6.45) is 3.97. The van der Waals surface area contributed by atoms with Crippen LogP contribution in [0.1, 0.15) is 13.3 Å². The molecule has 0 rings (SSSR count). The molecule has 3 heteroatoms. The third-order valence-electron chi connectivity index (χ3n) is 1.58. The van der Waals surface area contributed by atoms with E-state index >= 15 is 0 Å². The first kappa shape index (κ1) is 11.3. The molecule has 0 saturated heterocycles. The minimum atomic E-state index is -0.344. The van der Waals surface area contributed by atoms with E-state index in [0.29, 0.717) is 0 Å². The Hall–Kier alpha value is -0.670. The maximum absolute atomic E-state index is 11.1. The Bertz CT molecular complexity index is 164. The summed E-state index contributed by atoms with van der Waals surface area (Å²) < 4.78 is 0. The van der Waals surface area contributed by atoms with Gasteiger partial charge in [0.2, 0.25) is 0 Å². The molecule has 0 fully saturated rings. The van der Waals surface area contributed by atoms with Crippen molar-refractivity contribution in [2.45, 2.75) is 19.4 Å². The Labute approximate surface area is 74.2 Å². The molecule has 0 aromatic heterocycles. The molecule has 0 saturated carbocycles. The maximum atomic E-state index is 11.1. The van der Waals surface area contributed by atoms with Crippen LogP contribution in [-0.2, 0) is 4.79 Å². The van der Waals surface area contributed by atoms with Crippen LogP contribution in [-0.4, -0.2) is 37.4 Å². The number of carbonyl (C=O) groups excluding carboxylic acids is 1. The van der Waals surface area contributed by atoms with E-state index < -0.39 is 0 Å². The molecule has 1 unspecified atom stereocenters. The van der Waals surface area contributed by atoms with Gasteiger partial charge in [-0.15, -0.1) is 0 Å². The first-order valence-electron chi connectivity index (χ1n) is 4.14. The number of carbonyl (C=O) groups is 1. The lowest BCUT2D eigenvalue weighted by Crippen LogP contribution is -2.32. The topological polar surface area (TPSA) is 46.3 Å². The summed E-state index contributed by atoms with van der Waals surface area (Å²) >= 11 is 0. The van der Waals surface area contributed by atoms with Crippen molar-refractivity contribution < 1.29 is 4.79 Å². The van der Waals surface area contributed by atoms with Gasteiger partial charge in [-0.1, -0.05) is 6.08 Å². The molecule has 0 heterocycles. The monoisotopic (exact) mass is 170 g/mol. The molecule has 1 atom stereocenters. The van der Waals surface area contributed by atoms with Crippen LogP contribution in [0.3, 0.4) is 0 Å². The molecular weight excluding hydrogens is 152 g/mol. The third-order valence-corrected chi connectivity index (χ3v) is 1.58. The second-order valence-corrected chi connectivity index (χ2v) is 3.10. The summed E-state index contributed by atoms with van der Waals surface area (Å²) in [5, 5.41) is 0. The van der Waals surface area contributed by atoms with Crippen LogP contribution in [0.15, 0.2) is 12.2 Å². The van der Waals surface area contributed by atoms with Crippen LogP contribution in [0, 0.1) is 0 Å². The molecule has 70 valence electrons. The van der Waals surface area contributed by atoms with Crippen molar-refractivity contribution in [2.24, 2.45) is 5.73 Å². The SMILES string of the molecule is CC=CC(=O)C(N)CCN(C)C. The lowest BCUT2D eigenvalue weighted by molar-refractivity contribution is -0.115. The summed E-state index contributed by atoms with van der Waals surface area (Å²) in [5.74, 6) is 0.0133. The van der Waals surface area contributed by atoms with Gasteiger partial charge in [0.15, 0.2) is 5.78 Å². The van der Waals surface area contributed by atoms with Gasteiger partial charge in [-0.2, -0.15) is 0 Å². The van der Waals surface area contributed by atoms with Gasteiger partial charge in [0.1, 0.15) is 0 Å². The molecule has 0 aliphatic carbocycles. The second kappa shape index (κ2) is 5.91. The van der Waals surface area contributed by atoms with E-state index in [1.807, 2.05) is 25.9 Å². The molecule has 0 radical (unpaired) electrons. The number of hydrogen-bond acceptors (Lipinski definition) is 3. The zero-order valence-corrected chi connectivity index (χ0v) is 8.08. The van der Waals surface area contributed by atoms with Gasteiger partial charge in [0.05, 0.1) is 6.04 Å². The van der Waals surface area contributed by atoms with Gasteiger partial charge < -0.3 is 10.6 Å². The van der Waals surface area contributed by atoms with E-state index in [9.17, 15) is 4.79 Å². The average Bonchev–Trinajstić information content (AvgIpc) is 2.00. The smallest absolute Gasteiger partial charge is 0.172 e.